The Bertz CT molecular complexity index is 520. The molecule has 0 saturated heterocycles. The van der Waals surface area contributed by atoms with E-state index in [9.17, 15) is 13.0 Å². The standard InChI is InChI=1S/C7H8O3S.2C6H7.Mo.2H2O/c1-6-2-4-7(5-3-6)11(8,9)10;2*1-6-4-2-3-5-6;;;/h2-5H,1H3,(H,8,9,10);2*2-5H,1H3;;2*1H2/q;;;+3;;/p-1. The maximum atomic E-state index is 10.4. The minimum Gasteiger partial charge on any atom is -0.744 e. The van der Waals surface area contributed by atoms with Crippen LogP contribution in [0, 0.1) is 70.1 Å². The smallest absolute Gasteiger partial charge is 0.744 e. The Kier molecular flexibility index (Phi) is 18.5. The van der Waals surface area contributed by atoms with E-state index in [0.29, 0.717) is 0 Å². The summed E-state index contributed by atoms with van der Waals surface area (Å²) >= 11 is 0. The van der Waals surface area contributed by atoms with Gasteiger partial charge in [0, 0.05) is 0 Å². The SMILES string of the molecule is C[C]1[CH][CH][CH][CH]1.C[C]1[CH][CH][CH][CH]1.Cc1ccc(S(=O)(=O)[O-])cc1.O.O.[Mo+3]. The van der Waals surface area contributed by atoms with Gasteiger partial charge in [0.1, 0.15) is 10.1 Å². The average molecular weight is 461 g/mol. The van der Waals surface area contributed by atoms with Crippen molar-refractivity contribution in [3.05, 3.63) is 93.0 Å². The summed E-state index contributed by atoms with van der Waals surface area (Å²) in [5, 5.41) is 0. The van der Waals surface area contributed by atoms with E-state index in [1.54, 1.807) is 12.1 Å². The second-order valence-corrected chi connectivity index (χ2v) is 6.57. The predicted molar refractivity (Wildman–Crippen MR) is 98.6 cm³/mol. The fourth-order valence-corrected chi connectivity index (χ4v) is 2.11. The summed E-state index contributed by atoms with van der Waals surface area (Å²) in [6.07, 6.45) is 16.5. The van der Waals surface area contributed by atoms with Crippen LogP contribution in [0.25, 0.3) is 0 Å². The molecule has 0 spiro atoms. The van der Waals surface area contributed by atoms with E-state index in [1.807, 2.05) is 32.6 Å². The minimum atomic E-state index is -4.27. The molecule has 26 heavy (non-hydrogen) atoms. The molecule has 1 aromatic rings. The molecule has 2 saturated carbocycles. The van der Waals surface area contributed by atoms with Crippen LogP contribution in [0.4, 0.5) is 0 Å². The van der Waals surface area contributed by atoms with E-state index in [1.165, 1.54) is 24.0 Å². The predicted octanol–water partition coefficient (Wildman–Crippen LogP) is 2.07. The molecule has 7 heteroatoms. The van der Waals surface area contributed by atoms with Crippen molar-refractivity contribution in [1.29, 1.82) is 0 Å². The summed E-state index contributed by atoms with van der Waals surface area (Å²) in [6.45, 7) is 5.99. The summed E-state index contributed by atoms with van der Waals surface area (Å²) in [4.78, 5) is -0.178. The van der Waals surface area contributed by atoms with E-state index in [2.05, 4.69) is 39.5 Å². The van der Waals surface area contributed by atoms with Crippen LogP contribution >= 0.6 is 0 Å². The molecule has 1 aromatic carbocycles. The van der Waals surface area contributed by atoms with Crippen LogP contribution in [0.15, 0.2) is 29.2 Å². The molecule has 5 nitrogen and oxygen atoms in total. The van der Waals surface area contributed by atoms with Gasteiger partial charge in [0.15, 0.2) is 0 Å². The molecule has 141 valence electrons. The molecule has 0 amide bonds. The Balaban J connectivity index is -0.000000307. The summed E-state index contributed by atoms with van der Waals surface area (Å²) in [5.74, 6) is 2.69. The largest absolute Gasteiger partial charge is 3.00 e. The first-order chi connectivity index (χ1) is 10.8. The zero-order chi connectivity index (χ0) is 17.3. The van der Waals surface area contributed by atoms with Gasteiger partial charge in [-0.25, -0.2) is 8.42 Å². The van der Waals surface area contributed by atoms with Gasteiger partial charge in [-0.3, -0.25) is 0 Å². The molecule has 0 aliphatic heterocycles. The Morgan fingerprint density at radius 3 is 1.19 bits per heavy atom. The zero-order valence-electron chi connectivity index (χ0n) is 15.0. The van der Waals surface area contributed by atoms with Crippen LogP contribution in [0.3, 0.4) is 0 Å². The first-order valence-corrected chi connectivity index (χ1v) is 8.59. The normalized spacial score (nSPS) is 16.6. The molecule has 2 aliphatic rings. The van der Waals surface area contributed by atoms with Gasteiger partial charge in [0.2, 0.25) is 0 Å². The number of benzene rings is 1. The maximum absolute atomic E-state index is 10.4. The van der Waals surface area contributed by atoms with Crippen LogP contribution in [0.2, 0.25) is 0 Å². The van der Waals surface area contributed by atoms with Crippen molar-refractivity contribution in [2.24, 2.45) is 0 Å². The maximum Gasteiger partial charge on any atom is 3.00 e. The van der Waals surface area contributed by atoms with Crippen LogP contribution in [-0.2, 0) is 31.2 Å². The first-order valence-electron chi connectivity index (χ1n) is 7.18. The van der Waals surface area contributed by atoms with E-state index in [4.69, 9.17) is 0 Å². The Morgan fingerprint density at radius 2 is 1.00 bits per heavy atom. The summed E-state index contributed by atoms with van der Waals surface area (Å²) in [6, 6.07) is 5.78. The Hall–Kier alpha value is -0.262. The molecule has 3 rings (SSSR count). The van der Waals surface area contributed by atoms with Crippen molar-refractivity contribution >= 4 is 10.1 Å². The summed E-state index contributed by atoms with van der Waals surface area (Å²) in [7, 11) is -4.27. The molecule has 2 fully saturated rings. The van der Waals surface area contributed by atoms with Crippen molar-refractivity contribution in [2.75, 3.05) is 0 Å². The molecule has 0 atom stereocenters. The molecular formula is C19H25MoO5S+2. The van der Waals surface area contributed by atoms with Crippen molar-refractivity contribution in [2.45, 2.75) is 25.7 Å². The van der Waals surface area contributed by atoms with Crippen LogP contribution in [-0.4, -0.2) is 23.9 Å². The summed E-state index contributed by atoms with van der Waals surface area (Å²) < 4.78 is 31.2. The third kappa shape index (κ3) is 13.9. The number of aryl methyl sites for hydroxylation is 1. The third-order valence-electron chi connectivity index (χ3n) is 2.97. The van der Waals surface area contributed by atoms with Crippen molar-refractivity contribution < 1.29 is 45.0 Å². The van der Waals surface area contributed by atoms with Gasteiger partial charge < -0.3 is 15.5 Å². The number of rotatable bonds is 1. The van der Waals surface area contributed by atoms with Crippen molar-refractivity contribution in [1.82, 2.24) is 0 Å². The van der Waals surface area contributed by atoms with Gasteiger partial charge in [-0.15, -0.1) is 0 Å². The molecule has 0 unspecified atom stereocenters. The van der Waals surface area contributed by atoms with Crippen LogP contribution in [0.1, 0.15) is 19.4 Å². The number of hydrogen-bond donors (Lipinski definition) is 0. The van der Waals surface area contributed by atoms with Gasteiger partial charge in [-0.2, -0.15) is 0 Å². The van der Waals surface area contributed by atoms with Gasteiger partial charge >= 0.3 is 21.1 Å². The number of hydrogen-bond acceptors (Lipinski definition) is 3. The minimum absolute atomic E-state index is 0. The fraction of sp³-hybridized carbons (Fsp3) is 0.158. The van der Waals surface area contributed by atoms with E-state index in [-0.39, 0.29) is 36.9 Å². The molecular weight excluding hydrogens is 436 g/mol. The average Bonchev–Trinajstić information content (AvgIpc) is 3.13. The first kappa shape index (κ1) is 30.5. The topological polar surface area (TPSA) is 120 Å². The van der Waals surface area contributed by atoms with Gasteiger partial charge in [0.05, 0.1) is 4.90 Å². The second kappa shape index (κ2) is 15.8. The monoisotopic (exact) mass is 463 g/mol. The van der Waals surface area contributed by atoms with Crippen LogP contribution < -0.4 is 0 Å². The molecule has 11 radical (unpaired) electrons. The van der Waals surface area contributed by atoms with Crippen LogP contribution in [0.5, 0.6) is 0 Å². The van der Waals surface area contributed by atoms with E-state index >= 15 is 0 Å². The summed E-state index contributed by atoms with van der Waals surface area (Å²) in [5.41, 5.74) is 0.928. The Labute approximate surface area is 173 Å². The second-order valence-electron chi connectivity index (χ2n) is 5.19. The quantitative estimate of drug-likeness (QED) is 0.470. The van der Waals surface area contributed by atoms with E-state index < -0.39 is 10.1 Å². The molecule has 4 N–H and O–H groups in total. The zero-order valence-corrected chi connectivity index (χ0v) is 17.8. The van der Waals surface area contributed by atoms with Crippen molar-refractivity contribution in [3.63, 3.8) is 0 Å². The molecule has 0 aromatic heterocycles. The molecule has 0 bridgehead atoms. The fourth-order valence-electron chi connectivity index (χ4n) is 1.65. The Morgan fingerprint density at radius 1 is 0.692 bits per heavy atom. The van der Waals surface area contributed by atoms with Gasteiger partial charge in [0.25, 0.3) is 0 Å². The van der Waals surface area contributed by atoms with Gasteiger partial charge in [-0.05, 0) is 82.3 Å². The van der Waals surface area contributed by atoms with E-state index in [0.717, 1.165) is 5.56 Å². The third-order valence-corrected chi connectivity index (χ3v) is 3.82. The molecule has 0 heterocycles. The van der Waals surface area contributed by atoms with Crippen molar-refractivity contribution in [3.8, 4) is 0 Å². The van der Waals surface area contributed by atoms with Gasteiger partial charge in [-0.1, -0.05) is 31.5 Å². The molecule has 2 aliphatic carbocycles.